The number of halogens is 2. The quantitative estimate of drug-likeness (QED) is 0.352. The van der Waals surface area contributed by atoms with E-state index in [-0.39, 0.29) is 0 Å². The SMILES string of the molecule is Cc1nnc(CN=C(NCCCN2CCOCC2)NCCc2cc(F)ccc2F)n1C. The number of guanidine groups is 1. The lowest BCUT2D eigenvalue weighted by Gasteiger charge is -2.26. The van der Waals surface area contributed by atoms with Crippen LogP contribution in [-0.4, -0.2) is 71.6 Å². The van der Waals surface area contributed by atoms with Crippen LogP contribution in [0.3, 0.4) is 0 Å². The van der Waals surface area contributed by atoms with Crippen molar-refractivity contribution in [2.24, 2.45) is 12.0 Å². The fourth-order valence-electron chi connectivity index (χ4n) is 3.30. The van der Waals surface area contributed by atoms with Gasteiger partial charge in [-0.3, -0.25) is 4.90 Å². The number of benzene rings is 1. The summed E-state index contributed by atoms with van der Waals surface area (Å²) >= 11 is 0. The van der Waals surface area contributed by atoms with Gasteiger partial charge in [-0.05, 0) is 50.1 Å². The molecule has 0 unspecified atom stereocenters. The monoisotopic (exact) mass is 435 g/mol. The minimum absolute atomic E-state index is 0.336. The van der Waals surface area contributed by atoms with Crippen LogP contribution in [0.15, 0.2) is 23.2 Å². The summed E-state index contributed by atoms with van der Waals surface area (Å²) in [6, 6.07) is 3.50. The average molecular weight is 436 g/mol. The van der Waals surface area contributed by atoms with Crippen LogP contribution >= 0.6 is 0 Å². The second-order valence-electron chi connectivity index (χ2n) is 7.53. The van der Waals surface area contributed by atoms with E-state index in [0.29, 0.717) is 31.0 Å². The molecule has 0 atom stereocenters. The molecule has 31 heavy (non-hydrogen) atoms. The van der Waals surface area contributed by atoms with Gasteiger partial charge in [-0.2, -0.15) is 0 Å². The van der Waals surface area contributed by atoms with Crippen LogP contribution in [-0.2, 0) is 24.8 Å². The van der Waals surface area contributed by atoms with Crippen LogP contribution in [0.4, 0.5) is 8.78 Å². The van der Waals surface area contributed by atoms with E-state index in [4.69, 9.17) is 4.74 Å². The molecule has 0 bridgehead atoms. The topological polar surface area (TPSA) is 79.6 Å². The van der Waals surface area contributed by atoms with Crippen LogP contribution in [0.2, 0.25) is 0 Å². The number of aryl methyl sites for hydroxylation is 1. The second-order valence-corrected chi connectivity index (χ2v) is 7.53. The molecule has 0 radical (unpaired) electrons. The Bertz CT molecular complexity index is 865. The van der Waals surface area contributed by atoms with Gasteiger partial charge in [-0.1, -0.05) is 0 Å². The van der Waals surface area contributed by atoms with Crippen LogP contribution < -0.4 is 10.6 Å². The molecular formula is C21H31F2N7O. The molecule has 1 aromatic carbocycles. The number of ether oxygens (including phenoxy) is 1. The van der Waals surface area contributed by atoms with Crippen molar-refractivity contribution in [3.63, 3.8) is 0 Å². The first-order valence-corrected chi connectivity index (χ1v) is 10.6. The summed E-state index contributed by atoms with van der Waals surface area (Å²) in [6.07, 6.45) is 1.31. The molecule has 0 saturated carbocycles. The smallest absolute Gasteiger partial charge is 0.191 e. The molecular weight excluding hydrogens is 404 g/mol. The van der Waals surface area contributed by atoms with Crippen molar-refractivity contribution < 1.29 is 13.5 Å². The number of morpholine rings is 1. The third kappa shape index (κ3) is 7.25. The molecule has 170 valence electrons. The predicted octanol–water partition coefficient (Wildman–Crippen LogP) is 1.40. The van der Waals surface area contributed by atoms with Gasteiger partial charge < -0.3 is 19.9 Å². The van der Waals surface area contributed by atoms with Crippen LogP contribution in [0.25, 0.3) is 0 Å². The normalized spacial score (nSPS) is 15.3. The third-order valence-corrected chi connectivity index (χ3v) is 5.30. The zero-order valence-corrected chi connectivity index (χ0v) is 18.2. The standard InChI is InChI=1S/C21H31F2N7O/c1-16-27-28-20(29(16)2)15-26-21(24-7-3-9-30-10-12-31-13-11-30)25-8-6-17-14-18(22)4-5-19(17)23/h4-5,14H,3,6-13,15H2,1-2H3,(H2,24,25,26). The van der Waals surface area contributed by atoms with Gasteiger partial charge >= 0.3 is 0 Å². The molecule has 3 rings (SSSR count). The lowest BCUT2D eigenvalue weighted by molar-refractivity contribution is 0.0376. The molecule has 1 aliphatic rings. The minimum atomic E-state index is -0.441. The van der Waals surface area contributed by atoms with Gasteiger partial charge in [0.25, 0.3) is 0 Å². The third-order valence-electron chi connectivity index (χ3n) is 5.30. The Hall–Kier alpha value is -2.59. The molecule has 2 heterocycles. The maximum absolute atomic E-state index is 13.9. The first-order chi connectivity index (χ1) is 15.0. The lowest BCUT2D eigenvalue weighted by atomic mass is 10.1. The van der Waals surface area contributed by atoms with Gasteiger partial charge in [0.05, 0.1) is 13.2 Å². The zero-order chi connectivity index (χ0) is 22.1. The highest BCUT2D eigenvalue weighted by Gasteiger charge is 2.10. The fourth-order valence-corrected chi connectivity index (χ4v) is 3.30. The Kier molecular flexibility index (Phi) is 8.72. The molecule has 1 aliphatic heterocycles. The molecule has 0 spiro atoms. The number of hydrogen-bond donors (Lipinski definition) is 2. The second kappa shape index (κ2) is 11.7. The first-order valence-electron chi connectivity index (χ1n) is 10.6. The van der Waals surface area contributed by atoms with Crippen LogP contribution in [0.5, 0.6) is 0 Å². The van der Waals surface area contributed by atoms with Crippen molar-refractivity contribution in [2.75, 3.05) is 45.9 Å². The predicted molar refractivity (Wildman–Crippen MR) is 115 cm³/mol. The number of rotatable bonds is 9. The summed E-state index contributed by atoms with van der Waals surface area (Å²) in [7, 11) is 1.90. The molecule has 1 fully saturated rings. The molecule has 1 aromatic heterocycles. The maximum Gasteiger partial charge on any atom is 0.191 e. The van der Waals surface area contributed by atoms with E-state index >= 15 is 0 Å². The number of hydrogen-bond acceptors (Lipinski definition) is 5. The van der Waals surface area contributed by atoms with E-state index in [1.54, 1.807) is 0 Å². The first kappa shape index (κ1) is 23.1. The van der Waals surface area contributed by atoms with Crippen LogP contribution in [0, 0.1) is 18.6 Å². The van der Waals surface area contributed by atoms with E-state index < -0.39 is 11.6 Å². The summed E-state index contributed by atoms with van der Waals surface area (Å²) in [5.74, 6) is 1.33. The van der Waals surface area contributed by atoms with Crippen molar-refractivity contribution in [2.45, 2.75) is 26.3 Å². The van der Waals surface area contributed by atoms with Gasteiger partial charge in [0.2, 0.25) is 0 Å². The summed E-state index contributed by atoms with van der Waals surface area (Å²) < 4.78 is 34.5. The highest BCUT2D eigenvalue weighted by atomic mass is 19.1. The molecule has 0 amide bonds. The Morgan fingerprint density at radius 2 is 1.94 bits per heavy atom. The van der Waals surface area contributed by atoms with E-state index in [9.17, 15) is 8.78 Å². The van der Waals surface area contributed by atoms with Gasteiger partial charge in [0.15, 0.2) is 11.8 Å². The van der Waals surface area contributed by atoms with Crippen LogP contribution in [0.1, 0.15) is 23.6 Å². The minimum Gasteiger partial charge on any atom is -0.379 e. The molecule has 2 aromatic rings. The van der Waals surface area contributed by atoms with E-state index in [1.165, 1.54) is 6.07 Å². The summed E-state index contributed by atoms with van der Waals surface area (Å²) in [4.78, 5) is 6.97. The summed E-state index contributed by atoms with van der Waals surface area (Å²) in [5, 5.41) is 14.7. The maximum atomic E-state index is 13.9. The van der Waals surface area contributed by atoms with Crippen molar-refractivity contribution >= 4 is 5.96 Å². The van der Waals surface area contributed by atoms with Gasteiger partial charge in [-0.25, -0.2) is 13.8 Å². The van der Waals surface area contributed by atoms with E-state index in [1.807, 2.05) is 18.5 Å². The van der Waals surface area contributed by atoms with E-state index in [0.717, 1.165) is 69.6 Å². The van der Waals surface area contributed by atoms with Gasteiger partial charge in [0.1, 0.15) is 24.0 Å². The van der Waals surface area contributed by atoms with Crippen molar-refractivity contribution in [3.05, 3.63) is 47.0 Å². The number of aliphatic imine (C=N–C) groups is 1. The summed E-state index contributed by atoms with van der Waals surface area (Å²) in [5.41, 5.74) is 0.336. The average Bonchev–Trinajstić information content (AvgIpc) is 3.09. The highest BCUT2D eigenvalue weighted by Crippen LogP contribution is 2.09. The molecule has 1 saturated heterocycles. The Morgan fingerprint density at radius 1 is 1.16 bits per heavy atom. The Labute approximate surface area is 181 Å². The van der Waals surface area contributed by atoms with Gasteiger partial charge in [0, 0.05) is 33.2 Å². The number of aromatic nitrogens is 3. The zero-order valence-electron chi connectivity index (χ0n) is 18.2. The largest absolute Gasteiger partial charge is 0.379 e. The molecule has 0 aliphatic carbocycles. The Morgan fingerprint density at radius 3 is 2.68 bits per heavy atom. The number of nitrogens with one attached hydrogen (secondary N) is 2. The highest BCUT2D eigenvalue weighted by molar-refractivity contribution is 5.79. The Balaban J connectivity index is 1.53. The summed E-state index contributed by atoms with van der Waals surface area (Å²) in [6.45, 7) is 7.91. The molecule has 2 N–H and O–H groups in total. The number of nitrogens with zero attached hydrogens (tertiary/aromatic N) is 5. The lowest BCUT2D eigenvalue weighted by Crippen LogP contribution is -2.41. The van der Waals surface area contributed by atoms with Gasteiger partial charge in [-0.15, -0.1) is 10.2 Å². The van der Waals surface area contributed by atoms with Crippen molar-refractivity contribution in [3.8, 4) is 0 Å². The fraction of sp³-hybridized carbons (Fsp3) is 0.571. The molecule has 8 nitrogen and oxygen atoms in total. The molecule has 10 heteroatoms. The van der Waals surface area contributed by atoms with E-state index in [2.05, 4.69) is 30.7 Å². The van der Waals surface area contributed by atoms with Crippen molar-refractivity contribution in [1.82, 2.24) is 30.3 Å². The van der Waals surface area contributed by atoms with Crippen molar-refractivity contribution in [1.29, 1.82) is 0 Å².